The van der Waals surface area contributed by atoms with Crippen LogP contribution in [-0.2, 0) is 12.8 Å². The van der Waals surface area contributed by atoms with Gasteiger partial charge in [0, 0.05) is 11.3 Å². The average Bonchev–Trinajstić information content (AvgIpc) is 2.80. The number of fused-ring (bicyclic) bond motifs is 2. The fourth-order valence-electron chi connectivity index (χ4n) is 3.91. The Kier molecular flexibility index (Phi) is 5.70. The van der Waals surface area contributed by atoms with Crippen molar-refractivity contribution in [3.63, 3.8) is 0 Å². The van der Waals surface area contributed by atoms with Gasteiger partial charge >= 0.3 is 0 Å². The van der Waals surface area contributed by atoms with Crippen molar-refractivity contribution in [2.24, 2.45) is 0 Å². The number of nitrogens with zero attached hydrogens (tertiary/aromatic N) is 1. The van der Waals surface area contributed by atoms with Crippen LogP contribution in [0, 0.1) is 13.8 Å². The fraction of sp³-hybridized carbons (Fsp3) is 0.435. The summed E-state index contributed by atoms with van der Waals surface area (Å²) in [5, 5.41) is 3.48. The summed E-state index contributed by atoms with van der Waals surface area (Å²) in [5.41, 5.74) is 11.0. The Morgan fingerprint density at radius 3 is 2.32 bits per heavy atom. The van der Waals surface area contributed by atoms with Crippen LogP contribution in [0.2, 0.25) is 0 Å². The molecule has 1 aromatic heterocycles. The van der Waals surface area contributed by atoms with E-state index in [4.69, 9.17) is 4.98 Å². The molecule has 1 aliphatic carbocycles. The van der Waals surface area contributed by atoms with Gasteiger partial charge in [-0.3, -0.25) is 4.98 Å². The van der Waals surface area contributed by atoms with Crippen LogP contribution in [0.15, 0.2) is 35.9 Å². The zero-order valence-electron chi connectivity index (χ0n) is 16.1. The Morgan fingerprint density at radius 2 is 1.56 bits per heavy atom. The van der Waals surface area contributed by atoms with Crippen LogP contribution in [0.25, 0.3) is 5.57 Å². The molecule has 0 spiro atoms. The molecule has 0 atom stereocenters. The normalized spacial score (nSPS) is 16.3. The number of pyridine rings is 1. The van der Waals surface area contributed by atoms with Crippen LogP contribution < -0.4 is 5.32 Å². The van der Waals surface area contributed by atoms with Gasteiger partial charge in [0.05, 0.1) is 5.69 Å². The second kappa shape index (κ2) is 7.97. The van der Waals surface area contributed by atoms with Crippen molar-refractivity contribution in [1.29, 1.82) is 0 Å². The third-order valence-corrected chi connectivity index (χ3v) is 5.11. The van der Waals surface area contributed by atoms with E-state index < -0.39 is 0 Å². The predicted molar refractivity (Wildman–Crippen MR) is 107 cm³/mol. The summed E-state index contributed by atoms with van der Waals surface area (Å²) >= 11 is 0. The number of aryl methyl sites for hydroxylation is 4. The van der Waals surface area contributed by atoms with E-state index in [0.717, 1.165) is 44.5 Å². The Balaban J connectivity index is 0.000000880. The maximum Gasteiger partial charge on any atom is 0.0742 e. The molecule has 25 heavy (non-hydrogen) atoms. The van der Waals surface area contributed by atoms with Gasteiger partial charge in [0.1, 0.15) is 0 Å². The van der Waals surface area contributed by atoms with E-state index in [1.807, 2.05) is 13.8 Å². The number of nitrogens with one attached hydrogen (secondary N) is 1. The fourth-order valence-corrected chi connectivity index (χ4v) is 3.91. The van der Waals surface area contributed by atoms with Gasteiger partial charge in [-0.25, -0.2) is 0 Å². The molecule has 0 unspecified atom stereocenters. The maximum absolute atomic E-state index is 4.97. The smallest absolute Gasteiger partial charge is 0.0742 e. The van der Waals surface area contributed by atoms with Crippen molar-refractivity contribution in [3.8, 4) is 0 Å². The number of rotatable bonds is 0. The van der Waals surface area contributed by atoms with E-state index in [9.17, 15) is 0 Å². The first kappa shape index (κ1) is 17.9. The predicted octanol–water partition coefficient (Wildman–Crippen LogP) is 5.01. The number of hydrogen-bond donors (Lipinski definition) is 1. The Labute approximate surface area is 152 Å². The minimum atomic E-state index is 1.08. The van der Waals surface area contributed by atoms with Gasteiger partial charge in [-0.2, -0.15) is 0 Å². The van der Waals surface area contributed by atoms with Crippen LogP contribution in [-0.4, -0.2) is 18.1 Å². The van der Waals surface area contributed by atoms with Gasteiger partial charge in [0.25, 0.3) is 0 Å². The van der Waals surface area contributed by atoms with Crippen molar-refractivity contribution in [2.75, 3.05) is 13.1 Å². The lowest BCUT2D eigenvalue weighted by atomic mass is 9.88. The van der Waals surface area contributed by atoms with Crippen molar-refractivity contribution in [3.05, 3.63) is 69.5 Å². The van der Waals surface area contributed by atoms with Crippen LogP contribution in [0.4, 0.5) is 0 Å². The maximum atomic E-state index is 4.97. The van der Waals surface area contributed by atoms with Gasteiger partial charge in [-0.05, 0) is 75.4 Å². The molecule has 0 saturated carbocycles. The molecule has 132 valence electrons. The van der Waals surface area contributed by atoms with E-state index in [1.54, 1.807) is 5.57 Å². The number of aromatic nitrogens is 1. The summed E-state index contributed by atoms with van der Waals surface area (Å²) in [7, 11) is 0. The molecule has 0 bridgehead atoms. The molecule has 1 fully saturated rings. The Hall–Kier alpha value is -1.93. The second-order valence-electron chi connectivity index (χ2n) is 6.85. The summed E-state index contributed by atoms with van der Waals surface area (Å²) in [6.07, 6.45) is 4.48. The first-order valence-corrected chi connectivity index (χ1v) is 9.72. The molecule has 1 N–H and O–H groups in total. The largest absolute Gasteiger partial charge is 0.316 e. The molecule has 1 aliphatic heterocycles. The number of benzene rings is 1. The lowest BCUT2D eigenvalue weighted by Gasteiger charge is -2.22. The van der Waals surface area contributed by atoms with Crippen molar-refractivity contribution in [1.82, 2.24) is 10.3 Å². The minimum absolute atomic E-state index is 1.08. The van der Waals surface area contributed by atoms with Crippen LogP contribution in [0.3, 0.4) is 0 Å². The van der Waals surface area contributed by atoms with Crippen LogP contribution in [0.1, 0.15) is 60.3 Å². The molecule has 2 aliphatic rings. The topological polar surface area (TPSA) is 24.9 Å². The first-order chi connectivity index (χ1) is 12.2. The van der Waals surface area contributed by atoms with Crippen LogP contribution in [0.5, 0.6) is 0 Å². The lowest BCUT2D eigenvalue weighted by molar-refractivity contribution is 0.611. The third-order valence-electron chi connectivity index (χ3n) is 5.11. The van der Waals surface area contributed by atoms with Gasteiger partial charge in [-0.1, -0.05) is 49.2 Å². The molecule has 0 radical (unpaired) electrons. The molecule has 1 aromatic carbocycles. The van der Waals surface area contributed by atoms with Gasteiger partial charge in [-0.15, -0.1) is 0 Å². The molecule has 2 nitrogen and oxygen atoms in total. The standard InChI is InChI=1S/C21H24N2.C2H6/c1-14-3-8-19-18(13-14)7-6-17-5-4-15(2)23-21(17)20(19)16-9-11-22-12-10-16;1-2/h3-5,8,13,22H,6-7,9-12H2,1-2H3;1-2H3. The zero-order valence-corrected chi connectivity index (χ0v) is 16.1. The molecule has 0 amide bonds. The summed E-state index contributed by atoms with van der Waals surface area (Å²) in [4.78, 5) is 4.97. The van der Waals surface area contributed by atoms with E-state index in [0.29, 0.717) is 0 Å². The molecule has 2 aromatic rings. The first-order valence-electron chi connectivity index (χ1n) is 9.72. The summed E-state index contributed by atoms with van der Waals surface area (Å²) < 4.78 is 0. The SMILES string of the molecule is CC.Cc1ccc2c(c1)CCc1ccc(C)nc1C2=C1CCNCC1. The van der Waals surface area contributed by atoms with Gasteiger partial charge in [0.2, 0.25) is 0 Å². The minimum Gasteiger partial charge on any atom is -0.316 e. The highest BCUT2D eigenvalue weighted by molar-refractivity contribution is 5.84. The Bertz CT molecular complexity index is 779. The van der Waals surface area contributed by atoms with Crippen molar-refractivity contribution >= 4 is 5.57 Å². The molecule has 4 rings (SSSR count). The molecule has 1 saturated heterocycles. The third kappa shape index (κ3) is 3.69. The van der Waals surface area contributed by atoms with Gasteiger partial charge < -0.3 is 5.32 Å². The van der Waals surface area contributed by atoms with Gasteiger partial charge in [0.15, 0.2) is 0 Å². The summed E-state index contributed by atoms with van der Waals surface area (Å²) in [5.74, 6) is 0. The van der Waals surface area contributed by atoms with E-state index >= 15 is 0 Å². The molecular formula is C23H30N2. The van der Waals surface area contributed by atoms with Crippen molar-refractivity contribution in [2.45, 2.75) is 53.4 Å². The van der Waals surface area contributed by atoms with E-state index in [-0.39, 0.29) is 0 Å². The highest BCUT2D eigenvalue weighted by Gasteiger charge is 2.23. The van der Waals surface area contributed by atoms with Crippen LogP contribution >= 0.6 is 0 Å². The zero-order chi connectivity index (χ0) is 17.8. The van der Waals surface area contributed by atoms with E-state index in [2.05, 4.69) is 49.5 Å². The van der Waals surface area contributed by atoms with Crippen molar-refractivity contribution < 1.29 is 0 Å². The highest BCUT2D eigenvalue weighted by Crippen LogP contribution is 2.37. The monoisotopic (exact) mass is 334 g/mol. The second-order valence-corrected chi connectivity index (χ2v) is 6.85. The summed E-state index contributed by atoms with van der Waals surface area (Å²) in [6.45, 7) is 10.5. The highest BCUT2D eigenvalue weighted by atomic mass is 14.9. The molecule has 2 heteroatoms. The lowest BCUT2D eigenvalue weighted by Crippen LogP contribution is -2.24. The van der Waals surface area contributed by atoms with E-state index in [1.165, 1.54) is 33.5 Å². The molecular weight excluding hydrogens is 304 g/mol. The summed E-state index contributed by atoms with van der Waals surface area (Å²) in [6, 6.07) is 11.4. The quantitative estimate of drug-likeness (QED) is 0.732. The number of hydrogen-bond acceptors (Lipinski definition) is 2. The Morgan fingerprint density at radius 1 is 0.840 bits per heavy atom. The average molecular weight is 335 g/mol. The number of piperidine rings is 1. The molecule has 2 heterocycles.